The van der Waals surface area contributed by atoms with Gasteiger partial charge in [-0.2, -0.15) is 0 Å². The van der Waals surface area contributed by atoms with Gasteiger partial charge in [0.25, 0.3) is 5.69 Å². The second kappa shape index (κ2) is 7.57. The van der Waals surface area contributed by atoms with Gasteiger partial charge in [-0.1, -0.05) is 13.0 Å². The van der Waals surface area contributed by atoms with Gasteiger partial charge in [0.1, 0.15) is 0 Å². The van der Waals surface area contributed by atoms with Gasteiger partial charge < -0.3 is 5.32 Å². The van der Waals surface area contributed by atoms with Crippen molar-refractivity contribution in [2.45, 2.75) is 38.1 Å². The summed E-state index contributed by atoms with van der Waals surface area (Å²) in [5.74, 6) is 0.181. The van der Waals surface area contributed by atoms with Crippen LogP contribution in [-0.4, -0.2) is 32.5 Å². The first kappa shape index (κ1) is 19.8. The average molecular weight is 364 g/mol. The molecule has 0 amide bonds. The molecule has 7 nitrogen and oxygen atoms in total. The number of nitro groups is 1. The predicted octanol–water partition coefficient (Wildman–Crippen LogP) is 1.91. The summed E-state index contributed by atoms with van der Waals surface area (Å²) in [5.41, 5.74) is 0.742. The number of sulfonamides is 1. The molecule has 1 fully saturated rings. The topological polar surface area (TPSA) is 101 Å². The van der Waals surface area contributed by atoms with Gasteiger partial charge in [-0.3, -0.25) is 10.1 Å². The van der Waals surface area contributed by atoms with Crippen molar-refractivity contribution in [3.63, 3.8) is 0 Å². The second-order valence-electron chi connectivity index (χ2n) is 5.81. The lowest BCUT2D eigenvalue weighted by atomic mass is 9.96. The summed E-state index contributed by atoms with van der Waals surface area (Å²) in [6.45, 7) is 6.69. The van der Waals surface area contributed by atoms with Crippen LogP contribution in [0.2, 0.25) is 0 Å². The van der Waals surface area contributed by atoms with Gasteiger partial charge in [-0.25, -0.2) is 13.1 Å². The molecule has 0 saturated carbocycles. The van der Waals surface area contributed by atoms with Crippen molar-refractivity contribution < 1.29 is 13.3 Å². The highest BCUT2D eigenvalue weighted by Gasteiger charge is 2.33. The minimum absolute atomic E-state index is 0. The zero-order valence-corrected chi connectivity index (χ0v) is 15.0. The van der Waals surface area contributed by atoms with Crippen molar-refractivity contribution in [3.8, 4) is 0 Å². The van der Waals surface area contributed by atoms with Gasteiger partial charge in [0.2, 0.25) is 10.0 Å². The van der Waals surface area contributed by atoms with Crippen LogP contribution < -0.4 is 10.0 Å². The summed E-state index contributed by atoms with van der Waals surface area (Å²) in [4.78, 5) is 10.3. The van der Waals surface area contributed by atoms with Gasteiger partial charge in [-0.15, -0.1) is 12.4 Å². The number of hydrogen-bond acceptors (Lipinski definition) is 5. The van der Waals surface area contributed by atoms with E-state index in [-0.39, 0.29) is 34.9 Å². The monoisotopic (exact) mass is 363 g/mol. The minimum atomic E-state index is -3.95. The quantitative estimate of drug-likeness (QED) is 0.628. The molecule has 9 heteroatoms. The third-order valence-corrected chi connectivity index (χ3v) is 5.92. The molecule has 0 radical (unpaired) electrons. The summed E-state index contributed by atoms with van der Waals surface area (Å²) in [6, 6.07) is 2.55. The van der Waals surface area contributed by atoms with Crippen molar-refractivity contribution in [1.82, 2.24) is 10.0 Å². The molecule has 0 bridgehead atoms. The lowest BCUT2D eigenvalue weighted by Gasteiger charge is -2.30. The summed E-state index contributed by atoms with van der Waals surface area (Å²) < 4.78 is 28.0. The summed E-state index contributed by atoms with van der Waals surface area (Å²) in [7, 11) is -3.95. The van der Waals surface area contributed by atoms with E-state index < -0.39 is 14.9 Å². The molecule has 23 heavy (non-hydrogen) atoms. The second-order valence-corrected chi connectivity index (χ2v) is 7.46. The third-order valence-electron chi connectivity index (χ3n) is 4.26. The molecule has 0 aromatic heterocycles. The Hall–Kier alpha value is -1.22. The number of nitro benzene ring substituents is 1. The minimum Gasteiger partial charge on any atom is -0.315 e. The number of benzene rings is 1. The zero-order chi connectivity index (χ0) is 16.5. The van der Waals surface area contributed by atoms with Crippen LogP contribution in [0.5, 0.6) is 0 Å². The first-order chi connectivity index (χ1) is 10.2. The van der Waals surface area contributed by atoms with E-state index >= 15 is 0 Å². The molecule has 130 valence electrons. The van der Waals surface area contributed by atoms with Crippen LogP contribution in [0.3, 0.4) is 0 Å². The number of rotatable bonds is 4. The summed E-state index contributed by atoms with van der Waals surface area (Å²) >= 11 is 0. The maximum Gasteiger partial charge on any atom is 0.289 e. The number of piperidine rings is 1. The standard InChI is InChI=1S/C14H21N3O4S.ClH/c1-9-4-5-13(17(18)19)14(11(9)3)22(20,21)16-12-8-15-7-6-10(12)2;/h4-5,10,12,15-16H,6-8H2,1-3H3;1H. The fourth-order valence-electron chi connectivity index (χ4n) is 2.66. The van der Waals surface area contributed by atoms with Crippen molar-refractivity contribution in [2.24, 2.45) is 5.92 Å². The van der Waals surface area contributed by atoms with Crippen LogP contribution in [0.1, 0.15) is 24.5 Å². The van der Waals surface area contributed by atoms with E-state index in [1.165, 1.54) is 6.07 Å². The Morgan fingerprint density at radius 1 is 1.35 bits per heavy atom. The van der Waals surface area contributed by atoms with Crippen molar-refractivity contribution in [1.29, 1.82) is 0 Å². The van der Waals surface area contributed by atoms with E-state index in [0.29, 0.717) is 17.7 Å². The molecule has 2 N–H and O–H groups in total. The van der Waals surface area contributed by atoms with Gasteiger partial charge in [-0.05, 0) is 43.9 Å². The molecule has 1 heterocycles. The van der Waals surface area contributed by atoms with Gasteiger partial charge >= 0.3 is 0 Å². The van der Waals surface area contributed by atoms with Crippen molar-refractivity contribution >= 4 is 28.1 Å². The molecular formula is C14H22ClN3O4S. The van der Waals surface area contributed by atoms with E-state index in [2.05, 4.69) is 10.0 Å². The molecule has 2 rings (SSSR count). The van der Waals surface area contributed by atoms with Crippen molar-refractivity contribution in [3.05, 3.63) is 33.4 Å². The smallest absolute Gasteiger partial charge is 0.289 e. The molecule has 1 saturated heterocycles. The molecule has 1 aromatic carbocycles. The molecule has 2 atom stereocenters. The van der Waals surface area contributed by atoms with Crippen LogP contribution in [0.4, 0.5) is 5.69 Å². The number of nitrogens with zero attached hydrogens (tertiary/aromatic N) is 1. The van der Waals surface area contributed by atoms with E-state index in [4.69, 9.17) is 0 Å². The molecule has 2 unspecified atom stereocenters. The van der Waals surface area contributed by atoms with Crippen LogP contribution in [0.25, 0.3) is 0 Å². The molecule has 0 spiro atoms. The maximum absolute atomic E-state index is 12.7. The number of hydrogen-bond donors (Lipinski definition) is 2. The van der Waals surface area contributed by atoms with Crippen molar-refractivity contribution in [2.75, 3.05) is 13.1 Å². The molecular weight excluding hydrogens is 342 g/mol. The Kier molecular flexibility index (Phi) is 6.52. The highest BCUT2D eigenvalue weighted by atomic mass is 35.5. The predicted molar refractivity (Wildman–Crippen MR) is 90.6 cm³/mol. The Morgan fingerprint density at radius 3 is 2.57 bits per heavy atom. The number of aryl methyl sites for hydroxylation is 1. The average Bonchev–Trinajstić information content (AvgIpc) is 2.43. The van der Waals surface area contributed by atoms with Gasteiger partial charge in [0.05, 0.1) is 4.92 Å². The molecule has 1 aliphatic heterocycles. The lowest BCUT2D eigenvalue weighted by Crippen LogP contribution is -2.50. The van der Waals surface area contributed by atoms with E-state index in [0.717, 1.165) is 13.0 Å². The van der Waals surface area contributed by atoms with Crippen LogP contribution in [0, 0.1) is 29.9 Å². The van der Waals surface area contributed by atoms with E-state index in [1.54, 1.807) is 19.9 Å². The first-order valence-corrected chi connectivity index (χ1v) is 8.70. The maximum atomic E-state index is 12.7. The molecule has 0 aliphatic carbocycles. The van der Waals surface area contributed by atoms with Crippen LogP contribution in [0.15, 0.2) is 17.0 Å². The molecule has 1 aromatic rings. The normalized spacial score (nSPS) is 21.5. The van der Waals surface area contributed by atoms with E-state index in [1.807, 2.05) is 6.92 Å². The SMILES string of the molecule is Cc1ccc([N+](=O)[O-])c(S(=O)(=O)NC2CNCCC2C)c1C.Cl. The molecule has 1 aliphatic rings. The summed E-state index contributed by atoms with van der Waals surface area (Å²) in [6.07, 6.45) is 0.863. The third kappa shape index (κ3) is 4.20. The zero-order valence-electron chi connectivity index (χ0n) is 13.3. The Bertz CT molecular complexity index is 694. The fraction of sp³-hybridized carbons (Fsp3) is 0.571. The van der Waals surface area contributed by atoms with Crippen LogP contribution in [-0.2, 0) is 10.0 Å². The highest BCUT2D eigenvalue weighted by molar-refractivity contribution is 7.89. The Morgan fingerprint density at radius 2 is 2.00 bits per heavy atom. The highest BCUT2D eigenvalue weighted by Crippen LogP contribution is 2.30. The lowest BCUT2D eigenvalue weighted by molar-refractivity contribution is -0.387. The van der Waals surface area contributed by atoms with Gasteiger partial charge in [0, 0.05) is 18.7 Å². The fourth-order valence-corrected chi connectivity index (χ4v) is 4.48. The summed E-state index contributed by atoms with van der Waals surface area (Å²) in [5, 5.41) is 14.3. The van der Waals surface area contributed by atoms with Crippen LogP contribution >= 0.6 is 12.4 Å². The Balaban J connectivity index is 0.00000264. The number of halogens is 1. The van der Waals surface area contributed by atoms with Gasteiger partial charge in [0.15, 0.2) is 4.90 Å². The Labute approximate surface area is 142 Å². The van der Waals surface area contributed by atoms with E-state index in [9.17, 15) is 18.5 Å². The largest absolute Gasteiger partial charge is 0.315 e. The number of nitrogens with one attached hydrogen (secondary N) is 2. The first-order valence-electron chi connectivity index (χ1n) is 7.21.